The van der Waals surface area contributed by atoms with Crippen molar-refractivity contribution >= 4 is 5.91 Å². The molecule has 2 aromatic heterocycles. The molecule has 1 aromatic carbocycles. The van der Waals surface area contributed by atoms with Crippen LogP contribution in [-0.4, -0.2) is 37.3 Å². The minimum atomic E-state index is -1.49. The normalized spacial score (nSPS) is 19.2. The maximum atomic E-state index is 13.9. The third-order valence-corrected chi connectivity index (χ3v) is 6.89. The molecule has 168 valence electrons. The Kier molecular flexibility index (Phi) is 4.51. The average molecular weight is 443 g/mol. The number of aromatic nitrogens is 4. The van der Waals surface area contributed by atoms with Crippen molar-refractivity contribution in [1.29, 1.82) is 0 Å². The van der Waals surface area contributed by atoms with Crippen molar-refractivity contribution in [3.63, 3.8) is 0 Å². The topological polar surface area (TPSA) is 66.8 Å². The van der Waals surface area contributed by atoms with Gasteiger partial charge in [-0.05, 0) is 45.2 Å². The van der Waals surface area contributed by atoms with Gasteiger partial charge in [0.1, 0.15) is 0 Å². The van der Waals surface area contributed by atoms with Crippen molar-refractivity contribution in [1.82, 2.24) is 24.9 Å². The van der Waals surface area contributed by atoms with Crippen molar-refractivity contribution in [3.05, 3.63) is 57.8 Å². The summed E-state index contributed by atoms with van der Waals surface area (Å²) >= 11 is 0. The summed E-state index contributed by atoms with van der Waals surface area (Å²) in [6.45, 7) is 6.29. The van der Waals surface area contributed by atoms with E-state index in [9.17, 15) is 18.0 Å². The highest BCUT2D eigenvalue weighted by Gasteiger charge is 2.46. The Hall–Kier alpha value is -3.10. The first kappa shape index (κ1) is 20.8. The molecule has 1 fully saturated rings. The molecule has 32 heavy (non-hydrogen) atoms. The first-order valence-electron chi connectivity index (χ1n) is 10.7. The number of hydrogen-bond donors (Lipinski definition) is 1. The molecule has 1 atom stereocenters. The molecule has 1 amide bonds. The minimum Gasteiger partial charge on any atom is -0.330 e. The third kappa shape index (κ3) is 2.97. The number of carbonyl (C=O) groups excluding carboxylic acids is 1. The lowest BCUT2D eigenvalue weighted by Crippen LogP contribution is -2.39. The summed E-state index contributed by atoms with van der Waals surface area (Å²) in [5, 5.41) is 12.0. The van der Waals surface area contributed by atoms with E-state index in [4.69, 9.17) is 0 Å². The van der Waals surface area contributed by atoms with Crippen molar-refractivity contribution in [3.8, 4) is 11.3 Å². The van der Waals surface area contributed by atoms with E-state index in [1.165, 1.54) is 0 Å². The van der Waals surface area contributed by atoms with Crippen LogP contribution in [0.3, 0.4) is 0 Å². The number of rotatable bonds is 3. The second-order valence-corrected chi connectivity index (χ2v) is 9.15. The number of nitrogens with zero attached hydrogens (tertiary/aromatic N) is 4. The standard InChI is InChI=1S/C23H24F3N5O/c1-11-17(21(28-27-11)23(3)6-7-23)22(32)31-8-5-14-19(12(31)2)29-30(4)20(14)13-9-15(24)18(26)16(25)10-13/h9-10,12H,5-8H2,1-4H3,(H,27,28)/t12-/m0/s1. The zero-order valence-electron chi connectivity index (χ0n) is 18.4. The van der Waals surface area contributed by atoms with Gasteiger partial charge in [-0.2, -0.15) is 10.2 Å². The van der Waals surface area contributed by atoms with E-state index in [-0.39, 0.29) is 22.9 Å². The van der Waals surface area contributed by atoms with Gasteiger partial charge < -0.3 is 4.90 Å². The van der Waals surface area contributed by atoms with Gasteiger partial charge in [0.15, 0.2) is 17.5 Å². The highest BCUT2D eigenvalue weighted by Crippen LogP contribution is 2.49. The highest BCUT2D eigenvalue weighted by molar-refractivity contribution is 5.97. The maximum Gasteiger partial charge on any atom is 0.258 e. The first-order chi connectivity index (χ1) is 15.1. The predicted molar refractivity (Wildman–Crippen MR) is 112 cm³/mol. The summed E-state index contributed by atoms with van der Waals surface area (Å²) in [6, 6.07) is 1.63. The predicted octanol–water partition coefficient (Wildman–Crippen LogP) is 4.35. The molecule has 0 unspecified atom stereocenters. The second kappa shape index (κ2) is 6.95. The summed E-state index contributed by atoms with van der Waals surface area (Å²) in [5.41, 5.74) is 4.36. The Bertz CT molecular complexity index is 1230. The number of amides is 1. The van der Waals surface area contributed by atoms with E-state index < -0.39 is 17.5 Å². The molecule has 1 N–H and O–H groups in total. The van der Waals surface area contributed by atoms with Gasteiger partial charge in [-0.15, -0.1) is 0 Å². The summed E-state index contributed by atoms with van der Waals surface area (Å²) in [4.78, 5) is 15.4. The van der Waals surface area contributed by atoms with E-state index in [0.29, 0.717) is 29.9 Å². The highest BCUT2D eigenvalue weighted by atomic mass is 19.2. The molecule has 5 rings (SSSR count). The average Bonchev–Trinajstić information content (AvgIpc) is 3.21. The minimum absolute atomic E-state index is 0.0607. The molecule has 0 bridgehead atoms. The number of hydrogen-bond acceptors (Lipinski definition) is 3. The van der Waals surface area contributed by atoms with Crippen LogP contribution in [-0.2, 0) is 18.9 Å². The Morgan fingerprint density at radius 2 is 1.88 bits per heavy atom. The van der Waals surface area contributed by atoms with E-state index in [0.717, 1.165) is 41.9 Å². The summed E-state index contributed by atoms with van der Waals surface area (Å²) in [6.07, 6.45) is 2.48. The van der Waals surface area contributed by atoms with Gasteiger partial charge in [-0.1, -0.05) is 6.92 Å². The third-order valence-electron chi connectivity index (χ3n) is 6.89. The number of aryl methyl sites for hydroxylation is 2. The second-order valence-electron chi connectivity index (χ2n) is 9.15. The smallest absolute Gasteiger partial charge is 0.258 e. The number of H-pyrrole nitrogens is 1. The maximum absolute atomic E-state index is 13.9. The summed E-state index contributed by atoms with van der Waals surface area (Å²) < 4.78 is 42.7. The molecule has 3 aromatic rings. The van der Waals surface area contributed by atoms with Gasteiger partial charge in [0, 0.05) is 35.8 Å². The Morgan fingerprint density at radius 1 is 1.22 bits per heavy atom. The van der Waals surface area contributed by atoms with Crippen LogP contribution in [0.4, 0.5) is 13.2 Å². The SMILES string of the molecule is Cc1[nH]nc(C2(C)CC2)c1C(=O)N1CCc2c(nn(C)c2-c2cc(F)c(F)c(F)c2)[C@@H]1C. The van der Waals surface area contributed by atoms with E-state index in [2.05, 4.69) is 22.2 Å². The monoisotopic (exact) mass is 443 g/mol. The number of benzene rings is 1. The number of halogens is 3. The van der Waals surface area contributed by atoms with Crippen LogP contribution >= 0.6 is 0 Å². The zero-order chi connectivity index (χ0) is 22.9. The molecule has 2 aliphatic rings. The number of nitrogens with one attached hydrogen (secondary N) is 1. The largest absolute Gasteiger partial charge is 0.330 e. The zero-order valence-corrected chi connectivity index (χ0v) is 18.4. The summed E-state index contributed by atoms with van der Waals surface area (Å²) in [5.74, 6) is -4.08. The first-order valence-corrected chi connectivity index (χ1v) is 10.7. The molecule has 0 radical (unpaired) electrons. The van der Waals surface area contributed by atoms with E-state index >= 15 is 0 Å². The fraction of sp³-hybridized carbons (Fsp3) is 0.435. The van der Waals surface area contributed by atoms with Gasteiger partial charge in [0.2, 0.25) is 0 Å². The Labute approximate surface area is 183 Å². The number of carbonyl (C=O) groups is 1. The lowest BCUT2D eigenvalue weighted by atomic mass is 9.93. The van der Waals surface area contributed by atoms with Crippen LogP contribution in [0.5, 0.6) is 0 Å². The fourth-order valence-electron chi connectivity index (χ4n) is 4.77. The van der Waals surface area contributed by atoms with Crippen molar-refractivity contribution in [2.45, 2.75) is 51.5 Å². The van der Waals surface area contributed by atoms with Crippen LogP contribution in [0, 0.1) is 24.4 Å². The molecule has 3 heterocycles. The van der Waals surface area contributed by atoms with Gasteiger partial charge in [0.05, 0.1) is 28.7 Å². The molecule has 6 nitrogen and oxygen atoms in total. The molecule has 1 aliphatic heterocycles. The van der Waals surface area contributed by atoms with Crippen LogP contribution in [0.1, 0.15) is 65.7 Å². The quantitative estimate of drug-likeness (QED) is 0.612. The summed E-state index contributed by atoms with van der Waals surface area (Å²) in [7, 11) is 1.68. The van der Waals surface area contributed by atoms with E-state index in [1.807, 2.05) is 13.8 Å². The van der Waals surface area contributed by atoms with Gasteiger partial charge in [0.25, 0.3) is 5.91 Å². The van der Waals surface area contributed by atoms with Gasteiger partial charge >= 0.3 is 0 Å². The fourth-order valence-corrected chi connectivity index (χ4v) is 4.77. The van der Waals surface area contributed by atoms with Crippen LogP contribution in [0.25, 0.3) is 11.3 Å². The lowest BCUT2D eigenvalue weighted by molar-refractivity contribution is 0.0671. The number of aromatic amines is 1. The van der Waals surface area contributed by atoms with E-state index in [1.54, 1.807) is 16.6 Å². The number of fused-ring (bicyclic) bond motifs is 1. The lowest BCUT2D eigenvalue weighted by Gasteiger charge is -2.33. The van der Waals surface area contributed by atoms with Crippen molar-refractivity contribution < 1.29 is 18.0 Å². The molecule has 9 heteroatoms. The van der Waals surface area contributed by atoms with Gasteiger partial charge in [-0.25, -0.2) is 13.2 Å². The van der Waals surface area contributed by atoms with Gasteiger partial charge in [-0.3, -0.25) is 14.6 Å². The van der Waals surface area contributed by atoms with Crippen molar-refractivity contribution in [2.24, 2.45) is 7.05 Å². The Morgan fingerprint density at radius 3 is 2.50 bits per heavy atom. The molecular weight excluding hydrogens is 419 g/mol. The molecule has 0 saturated heterocycles. The van der Waals surface area contributed by atoms with Crippen LogP contribution in [0.15, 0.2) is 12.1 Å². The molecule has 1 aliphatic carbocycles. The molecule has 0 spiro atoms. The Balaban J connectivity index is 1.52. The molecule has 1 saturated carbocycles. The van der Waals surface area contributed by atoms with Crippen molar-refractivity contribution in [2.75, 3.05) is 6.54 Å². The van der Waals surface area contributed by atoms with Crippen LogP contribution < -0.4 is 0 Å². The van der Waals surface area contributed by atoms with Crippen LogP contribution in [0.2, 0.25) is 0 Å². The molecular formula is C23H24F3N5O.